The maximum Gasteiger partial charge on any atom is 0.244 e. The highest BCUT2D eigenvalue weighted by atomic mass is 19.1. The van der Waals surface area contributed by atoms with E-state index in [4.69, 9.17) is 4.52 Å². The van der Waals surface area contributed by atoms with Crippen LogP contribution in [0.5, 0.6) is 0 Å². The van der Waals surface area contributed by atoms with Gasteiger partial charge in [0.25, 0.3) is 0 Å². The summed E-state index contributed by atoms with van der Waals surface area (Å²) in [6.07, 6.45) is 1.06. The van der Waals surface area contributed by atoms with Crippen LogP contribution in [0, 0.1) is 12.7 Å². The maximum atomic E-state index is 13.8. The van der Waals surface area contributed by atoms with Crippen LogP contribution in [0.25, 0.3) is 11.4 Å². The highest BCUT2D eigenvalue weighted by molar-refractivity contribution is 5.55. The monoisotopic (exact) mass is 366 g/mol. The van der Waals surface area contributed by atoms with E-state index < -0.39 is 0 Å². The number of hydrogen-bond donors (Lipinski definition) is 1. The van der Waals surface area contributed by atoms with E-state index in [1.807, 2.05) is 24.3 Å². The molecule has 27 heavy (non-hydrogen) atoms. The minimum absolute atomic E-state index is 0.0177. The molecule has 0 saturated carbocycles. The number of benzene rings is 2. The maximum absolute atomic E-state index is 13.8. The fourth-order valence-corrected chi connectivity index (χ4v) is 3.44. The molecule has 140 valence electrons. The SMILES string of the molecule is Cc1ccc(-c2noc([C@H](C)N3CC[C@H](Nc4ccccc4)C3)n2)cc1F. The van der Waals surface area contributed by atoms with Crippen LogP contribution in [-0.2, 0) is 0 Å². The van der Waals surface area contributed by atoms with Gasteiger partial charge < -0.3 is 9.84 Å². The number of anilines is 1. The van der Waals surface area contributed by atoms with Gasteiger partial charge in [0, 0.05) is 30.4 Å². The van der Waals surface area contributed by atoms with E-state index in [9.17, 15) is 4.39 Å². The van der Waals surface area contributed by atoms with Crippen LogP contribution in [0.2, 0.25) is 0 Å². The Morgan fingerprint density at radius 2 is 2.04 bits per heavy atom. The Kier molecular flexibility index (Phi) is 4.90. The van der Waals surface area contributed by atoms with Crippen molar-refractivity contribution >= 4 is 5.69 Å². The normalized spacial score (nSPS) is 18.6. The molecule has 2 aromatic carbocycles. The van der Waals surface area contributed by atoms with Crippen molar-refractivity contribution in [3.05, 3.63) is 65.8 Å². The van der Waals surface area contributed by atoms with Crippen molar-refractivity contribution < 1.29 is 8.91 Å². The zero-order valence-electron chi connectivity index (χ0n) is 15.5. The Morgan fingerprint density at radius 3 is 2.81 bits per heavy atom. The molecule has 0 bridgehead atoms. The van der Waals surface area contributed by atoms with Crippen LogP contribution >= 0.6 is 0 Å². The molecule has 2 atom stereocenters. The molecule has 1 aliphatic rings. The first-order chi connectivity index (χ1) is 13.1. The Balaban J connectivity index is 1.42. The third-order valence-corrected chi connectivity index (χ3v) is 5.14. The van der Waals surface area contributed by atoms with Crippen molar-refractivity contribution in [2.24, 2.45) is 0 Å². The standard InChI is InChI=1S/C21H23FN4O/c1-14-8-9-16(12-19(14)22)20-24-21(27-25-20)15(2)26-11-10-18(13-26)23-17-6-4-3-5-7-17/h3-9,12,15,18,23H,10-11,13H2,1-2H3/t15-,18-/m0/s1. The molecule has 4 rings (SSSR count). The number of halogens is 1. The first-order valence-electron chi connectivity index (χ1n) is 9.26. The van der Waals surface area contributed by atoms with Gasteiger partial charge in [0.2, 0.25) is 11.7 Å². The lowest BCUT2D eigenvalue weighted by atomic mass is 10.1. The smallest absolute Gasteiger partial charge is 0.244 e. The molecule has 0 spiro atoms. The molecule has 1 aliphatic heterocycles. The number of rotatable bonds is 5. The lowest BCUT2D eigenvalue weighted by Gasteiger charge is -2.21. The summed E-state index contributed by atoms with van der Waals surface area (Å²) in [7, 11) is 0. The van der Waals surface area contributed by atoms with Gasteiger partial charge in [-0.1, -0.05) is 35.5 Å². The molecule has 0 amide bonds. The van der Waals surface area contributed by atoms with E-state index in [0.29, 0.717) is 28.9 Å². The predicted octanol–water partition coefficient (Wildman–Crippen LogP) is 4.43. The zero-order chi connectivity index (χ0) is 18.8. The van der Waals surface area contributed by atoms with Crippen LogP contribution in [0.15, 0.2) is 53.1 Å². The summed E-state index contributed by atoms with van der Waals surface area (Å²) in [6, 6.07) is 15.6. The van der Waals surface area contributed by atoms with E-state index in [1.54, 1.807) is 13.0 Å². The molecule has 0 aliphatic carbocycles. The van der Waals surface area contributed by atoms with Gasteiger partial charge in [-0.25, -0.2) is 4.39 Å². The first kappa shape index (κ1) is 17.7. The quantitative estimate of drug-likeness (QED) is 0.724. The predicted molar refractivity (Wildman–Crippen MR) is 103 cm³/mol. The van der Waals surface area contributed by atoms with E-state index in [2.05, 4.69) is 39.4 Å². The summed E-state index contributed by atoms with van der Waals surface area (Å²) in [6.45, 7) is 5.67. The average Bonchev–Trinajstić information content (AvgIpc) is 3.34. The van der Waals surface area contributed by atoms with E-state index in [0.717, 1.165) is 25.2 Å². The largest absolute Gasteiger partial charge is 0.381 e. The molecular formula is C21H23FN4O. The summed E-state index contributed by atoms with van der Waals surface area (Å²) >= 11 is 0. The van der Waals surface area contributed by atoms with Crippen LogP contribution in [-0.4, -0.2) is 34.2 Å². The number of nitrogens with zero attached hydrogens (tertiary/aromatic N) is 3. The molecule has 0 unspecified atom stereocenters. The molecule has 1 fully saturated rings. The van der Waals surface area contributed by atoms with E-state index in [1.165, 1.54) is 6.07 Å². The second-order valence-electron chi connectivity index (χ2n) is 7.09. The van der Waals surface area contributed by atoms with Gasteiger partial charge in [-0.2, -0.15) is 4.98 Å². The van der Waals surface area contributed by atoms with Crippen molar-refractivity contribution in [1.29, 1.82) is 0 Å². The Hall–Kier alpha value is -2.73. The molecule has 1 N–H and O–H groups in total. The summed E-state index contributed by atoms with van der Waals surface area (Å²) in [5, 5.41) is 7.61. The highest BCUT2D eigenvalue weighted by Crippen LogP contribution is 2.27. The molecule has 2 heterocycles. The third-order valence-electron chi connectivity index (χ3n) is 5.14. The zero-order valence-corrected chi connectivity index (χ0v) is 15.5. The number of nitrogens with one attached hydrogen (secondary N) is 1. The second kappa shape index (κ2) is 7.48. The lowest BCUT2D eigenvalue weighted by molar-refractivity contribution is 0.208. The van der Waals surface area contributed by atoms with Gasteiger partial charge >= 0.3 is 0 Å². The summed E-state index contributed by atoms with van der Waals surface area (Å²) in [4.78, 5) is 6.83. The number of aryl methyl sites for hydroxylation is 1. The van der Waals surface area contributed by atoms with Gasteiger partial charge in [0.05, 0.1) is 6.04 Å². The molecule has 6 heteroatoms. The van der Waals surface area contributed by atoms with Crippen molar-refractivity contribution in [3.63, 3.8) is 0 Å². The van der Waals surface area contributed by atoms with Gasteiger partial charge in [-0.3, -0.25) is 4.90 Å². The summed E-state index contributed by atoms with van der Waals surface area (Å²) < 4.78 is 19.3. The number of para-hydroxylation sites is 1. The lowest BCUT2D eigenvalue weighted by Crippen LogP contribution is -2.28. The molecule has 1 saturated heterocycles. The molecular weight excluding hydrogens is 343 g/mol. The van der Waals surface area contributed by atoms with Crippen LogP contribution in [0.3, 0.4) is 0 Å². The highest BCUT2D eigenvalue weighted by Gasteiger charge is 2.29. The van der Waals surface area contributed by atoms with E-state index in [-0.39, 0.29) is 11.9 Å². The summed E-state index contributed by atoms with van der Waals surface area (Å²) in [5.41, 5.74) is 2.37. The Bertz CT molecular complexity index is 912. The topological polar surface area (TPSA) is 54.2 Å². The molecule has 5 nitrogen and oxygen atoms in total. The summed E-state index contributed by atoms with van der Waals surface area (Å²) in [5.74, 6) is 0.724. The molecule has 0 radical (unpaired) electrons. The van der Waals surface area contributed by atoms with Crippen LogP contribution in [0.1, 0.15) is 30.8 Å². The fraction of sp³-hybridized carbons (Fsp3) is 0.333. The Labute approximate surface area is 158 Å². The van der Waals surface area contributed by atoms with Crippen molar-refractivity contribution in [3.8, 4) is 11.4 Å². The van der Waals surface area contributed by atoms with Crippen molar-refractivity contribution in [2.75, 3.05) is 18.4 Å². The number of aromatic nitrogens is 2. The van der Waals surface area contributed by atoms with Gasteiger partial charge in [-0.15, -0.1) is 0 Å². The Morgan fingerprint density at radius 1 is 1.22 bits per heavy atom. The fourth-order valence-electron chi connectivity index (χ4n) is 3.44. The minimum Gasteiger partial charge on any atom is -0.381 e. The van der Waals surface area contributed by atoms with Crippen molar-refractivity contribution in [1.82, 2.24) is 15.0 Å². The first-order valence-corrected chi connectivity index (χ1v) is 9.26. The number of hydrogen-bond acceptors (Lipinski definition) is 5. The molecule has 3 aromatic rings. The van der Waals surface area contributed by atoms with Gasteiger partial charge in [0.15, 0.2) is 0 Å². The minimum atomic E-state index is -0.263. The van der Waals surface area contributed by atoms with Gasteiger partial charge in [0.1, 0.15) is 5.82 Å². The average molecular weight is 366 g/mol. The second-order valence-corrected chi connectivity index (χ2v) is 7.09. The van der Waals surface area contributed by atoms with Gasteiger partial charge in [-0.05, 0) is 44.0 Å². The van der Waals surface area contributed by atoms with Crippen LogP contribution < -0.4 is 5.32 Å². The number of likely N-dealkylation sites (tertiary alicyclic amines) is 1. The van der Waals surface area contributed by atoms with E-state index >= 15 is 0 Å². The molecule has 1 aromatic heterocycles. The van der Waals surface area contributed by atoms with Crippen molar-refractivity contribution in [2.45, 2.75) is 32.4 Å². The van der Waals surface area contributed by atoms with Crippen LogP contribution in [0.4, 0.5) is 10.1 Å². The third kappa shape index (κ3) is 3.85.